The van der Waals surface area contributed by atoms with E-state index < -0.39 is 55.8 Å². The molecular weight excluding hydrogens is 614 g/mol. The number of hydrogen-bond acceptors (Lipinski definition) is 8. The van der Waals surface area contributed by atoms with Crippen LogP contribution in [0.15, 0.2) is 126 Å². The third kappa shape index (κ3) is 7.30. The Balaban J connectivity index is 1.51. The molecule has 0 saturated carbocycles. The van der Waals surface area contributed by atoms with E-state index in [4.69, 9.17) is 14.2 Å². The summed E-state index contributed by atoms with van der Waals surface area (Å²) >= 11 is 0. The van der Waals surface area contributed by atoms with Crippen LogP contribution in [0.25, 0.3) is 10.4 Å². The minimum atomic E-state index is -3.56. The van der Waals surface area contributed by atoms with E-state index in [0.717, 1.165) is 10.4 Å². The number of ether oxygens (including phenoxy) is 3. The van der Waals surface area contributed by atoms with Crippen LogP contribution < -0.4 is 10.4 Å². The number of carbonyl (C=O) groups is 2. The predicted octanol–water partition coefficient (Wildman–Crippen LogP) is 4.80. The van der Waals surface area contributed by atoms with Crippen molar-refractivity contribution in [3.63, 3.8) is 0 Å². The number of benzene rings is 4. The van der Waals surface area contributed by atoms with E-state index in [1.54, 1.807) is 60.7 Å². The molecular formula is C36H37N3O7Si. The monoisotopic (exact) mass is 651 g/mol. The first-order valence-corrected chi connectivity index (χ1v) is 17.3. The number of esters is 2. The molecule has 5 rings (SSSR count). The molecule has 2 N–H and O–H groups in total. The summed E-state index contributed by atoms with van der Waals surface area (Å²) in [5, 5.41) is 16.2. The first-order valence-electron chi connectivity index (χ1n) is 15.3. The van der Waals surface area contributed by atoms with Gasteiger partial charge in [0.05, 0.1) is 17.2 Å². The van der Waals surface area contributed by atoms with Gasteiger partial charge < -0.3 is 24.1 Å². The lowest BCUT2D eigenvalue weighted by molar-refractivity contribution is -0.192. The van der Waals surface area contributed by atoms with Crippen LogP contribution in [0.2, 0.25) is 5.04 Å². The molecule has 10 nitrogen and oxygen atoms in total. The van der Waals surface area contributed by atoms with Gasteiger partial charge >= 0.3 is 11.9 Å². The molecule has 1 aliphatic rings. The van der Waals surface area contributed by atoms with Crippen molar-refractivity contribution in [2.24, 2.45) is 5.11 Å². The predicted molar refractivity (Wildman–Crippen MR) is 179 cm³/mol. The van der Waals surface area contributed by atoms with Gasteiger partial charge in [0.2, 0.25) is 0 Å². The Morgan fingerprint density at radius 3 is 1.77 bits per heavy atom. The van der Waals surface area contributed by atoms with Crippen LogP contribution in [0.3, 0.4) is 0 Å². The maximum absolute atomic E-state index is 13.3. The highest BCUT2D eigenvalue weighted by Crippen LogP contribution is 2.43. The van der Waals surface area contributed by atoms with Gasteiger partial charge in [-0.2, -0.15) is 0 Å². The molecule has 242 valence electrons. The Morgan fingerprint density at radius 2 is 1.28 bits per heavy atom. The van der Waals surface area contributed by atoms with Gasteiger partial charge in [0.1, 0.15) is 31.0 Å². The quantitative estimate of drug-likeness (QED) is 0.0778. The van der Waals surface area contributed by atoms with E-state index in [2.05, 4.69) is 10.0 Å². The normalized spacial score (nSPS) is 21.2. The third-order valence-corrected chi connectivity index (χ3v) is 13.2. The largest absolute Gasteiger partial charge is 0.459 e. The highest BCUT2D eigenvalue weighted by Gasteiger charge is 2.55. The molecule has 3 unspecified atom stereocenters. The Labute approximate surface area is 274 Å². The SMILES string of the molecule is CC(C)(C[C@@H]1OC(COC(=O)c2ccccc2)[C@@H](O)C(OC(=O)c2ccccc2)C1N=[N+]=[N-])[Si](O)(c1ccccc1)c1ccccc1. The van der Waals surface area contributed by atoms with Gasteiger partial charge in [-0.15, -0.1) is 0 Å². The number of azide groups is 1. The highest BCUT2D eigenvalue weighted by atomic mass is 28.4. The van der Waals surface area contributed by atoms with Crippen LogP contribution in [-0.2, 0) is 14.2 Å². The number of aliphatic hydroxyl groups is 1. The second-order valence-electron chi connectivity index (χ2n) is 12.1. The number of aliphatic hydroxyl groups excluding tert-OH is 1. The summed E-state index contributed by atoms with van der Waals surface area (Å²) in [5.74, 6) is -1.35. The summed E-state index contributed by atoms with van der Waals surface area (Å²) in [6.07, 6.45) is -4.83. The summed E-state index contributed by atoms with van der Waals surface area (Å²) < 4.78 is 17.8. The third-order valence-electron chi connectivity index (χ3n) is 8.68. The zero-order valence-electron chi connectivity index (χ0n) is 26.1. The molecule has 11 heteroatoms. The summed E-state index contributed by atoms with van der Waals surface area (Å²) in [6, 6.07) is 34.3. The van der Waals surface area contributed by atoms with Crippen molar-refractivity contribution in [2.75, 3.05) is 6.61 Å². The lowest BCUT2D eigenvalue weighted by Gasteiger charge is -2.48. The van der Waals surface area contributed by atoms with E-state index >= 15 is 0 Å². The van der Waals surface area contributed by atoms with Crippen LogP contribution in [-0.4, -0.2) is 67.2 Å². The van der Waals surface area contributed by atoms with Crippen molar-refractivity contribution < 1.29 is 33.7 Å². The maximum atomic E-state index is 13.3. The Bertz CT molecular complexity index is 1650. The van der Waals surface area contributed by atoms with Gasteiger partial charge in [-0.05, 0) is 51.6 Å². The average molecular weight is 652 g/mol. The maximum Gasteiger partial charge on any atom is 0.338 e. The van der Waals surface area contributed by atoms with E-state index in [-0.39, 0.29) is 18.6 Å². The number of rotatable bonds is 11. The van der Waals surface area contributed by atoms with Crippen molar-refractivity contribution in [2.45, 2.75) is 55.8 Å². The summed E-state index contributed by atoms with van der Waals surface area (Å²) in [5.41, 5.74) is 10.2. The molecule has 4 aromatic carbocycles. The number of carbonyl (C=O) groups excluding carboxylic acids is 2. The van der Waals surface area contributed by atoms with Crippen molar-refractivity contribution in [3.05, 3.63) is 143 Å². The van der Waals surface area contributed by atoms with Crippen LogP contribution in [0.4, 0.5) is 0 Å². The topological polar surface area (TPSA) is 151 Å². The van der Waals surface area contributed by atoms with Gasteiger partial charge in [0, 0.05) is 4.91 Å². The lowest BCUT2D eigenvalue weighted by atomic mass is 9.88. The molecule has 47 heavy (non-hydrogen) atoms. The van der Waals surface area contributed by atoms with E-state index in [0.29, 0.717) is 5.56 Å². The molecule has 0 bridgehead atoms. The second kappa shape index (κ2) is 14.8. The summed E-state index contributed by atoms with van der Waals surface area (Å²) in [4.78, 5) is 41.9. The van der Waals surface area contributed by atoms with Crippen molar-refractivity contribution in [1.29, 1.82) is 0 Å². The smallest absolute Gasteiger partial charge is 0.338 e. The molecule has 4 aromatic rings. The molecule has 1 fully saturated rings. The Kier molecular flexibility index (Phi) is 10.5. The van der Waals surface area contributed by atoms with E-state index in [9.17, 15) is 25.0 Å². The first-order chi connectivity index (χ1) is 22.7. The summed E-state index contributed by atoms with van der Waals surface area (Å²) in [7, 11) is -3.56. The zero-order chi connectivity index (χ0) is 33.4. The standard InChI is InChI=1S/C36H37N3O7Si/c1-36(2,47(43,27-19-11-5-12-20-27)28-21-13-6-14-22-28)23-29-31(38-39-37)33(46-35(42)26-17-9-4-10-18-26)32(40)30(45-29)24-44-34(41)25-15-7-3-8-16-25/h3-22,29-33,40,43H,23-24H2,1-2H3/t29-,30?,31?,32+,33?/m0/s1. The molecule has 5 atom stereocenters. The number of nitrogens with zero attached hydrogens (tertiary/aromatic N) is 3. The van der Waals surface area contributed by atoms with Gasteiger partial charge in [0.15, 0.2) is 0 Å². The molecule has 1 heterocycles. The van der Waals surface area contributed by atoms with Gasteiger partial charge in [-0.1, -0.05) is 116 Å². The van der Waals surface area contributed by atoms with Crippen LogP contribution in [0, 0.1) is 0 Å². The van der Waals surface area contributed by atoms with Crippen LogP contribution in [0.1, 0.15) is 41.0 Å². The average Bonchev–Trinajstić information content (AvgIpc) is 3.11. The fourth-order valence-corrected chi connectivity index (χ4v) is 9.94. The molecule has 1 aliphatic heterocycles. The Morgan fingerprint density at radius 1 is 0.809 bits per heavy atom. The summed E-state index contributed by atoms with van der Waals surface area (Å²) in [6.45, 7) is 3.49. The Hall–Kier alpha value is -4.77. The highest BCUT2D eigenvalue weighted by molar-refractivity contribution is 6.98. The van der Waals surface area contributed by atoms with Gasteiger partial charge in [-0.25, -0.2) is 9.59 Å². The van der Waals surface area contributed by atoms with Crippen LogP contribution >= 0.6 is 0 Å². The molecule has 0 aliphatic carbocycles. The van der Waals surface area contributed by atoms with Crippen molar-refractivity contribution in [3.8, 4) is 0 Å². The van der Waals surface area contributed by atoms with Gasteiger partial charge in [-0.3, -0.25) is 0 Å². The molecule has 1 saturated heterocycles. The number of hydrogen-bond donors (Lipinski definition) is 2. The lowest BCUT2D eigenvalue weighted by Crippen LogP contribution is -2.67. The first kappa shape index (κ1) is 33.6. The van der Waals surface area contributed by atoms with Gasteiger partial charge in [0.25, 0.3) is 8.32 Å². The molecule has 0 aromatic heterocycles. The molecule has 0 radical (unpaired) electrons. The molecule has 0 spiro atoms. The molecule has 0 amide bonds. The van der Waals surface area contributed by atoms with Crippen molar-refractivity contribution >= 4 is 30.6 Å². The van der Waals surface area contributed by atoms with E-state index in [1.165, 1.54) is 0 Å². The fourth-order valence-electron chi connectivity index (χ4n) is 6.20. The fraction of sp³-hybridized carbons (Fsp3) is 0.278. The van der Waals surface area contributed by atoms with Crippen molar-refractivity contribution in [1.82, 2.24) is 0 Å². The minimum Gasteiger partial charge on any atom is -0.459 e. The zero-order valence-corrected chi connectivity index (χ0v) is 27.1. The van der Waals surface area contributed by atoms with E-state index in [1.807, 2.05) is 74.5 Å². The minimum absolute atomic E-state index is 0.137. The van der Waals surface area contributed by atoms with Crippen LogP contribution in [0.5, 0.6) is 0 Å². The second-order valence-corrected chi connectivity index (χ2v) is 16.1.